The lowest BCUT2D eigenvalue weighted by molar-refractivity contribution is 0.0927. The highest BCUT2D eigenvalue weighted by atomic mass is 19.3. The van der Waals surface area contributed by atoms with Gasteiger partial charge in [-0.3, -0.25) is 9.89 Å². The SMILES string of the molecule is CCC(NC(=O)c1cc(C(F)F)[nH]n1)c1ncnn1CC. The molecule has 0 radical (unpaired) electrons. The van der Waals surface area contributed by atoms with Gasteiger partial charge < -0.3 is 5.32 Å². The molecule has 9 heteroatoms. The number of carbonyl (C=O) groups excluding carboxylic acids is 1. The number of aromatic amines is 1. The van der Waals surface area contributed by atoms with Gasteiger partial charge >= 0.3 is 0 Å². The van der Waals surface area contributed by atoms with E-state index >= 15 is 0 Å². The Labute approximate surface area is 119 Å². The van der Waals surface area contributed by atoms with E-state index in [0.717, 1.165) is 6.07 Å². The number of aromatic nitrogens is 5. The molecule has 0 saturated heterocycles. The van der Waals surface area contributed by atoms with Crippen molar-refractivity contribution in [3.63, 3.8) is 0 Å². The predicted molar refractivity (Wildman–Crippen MR) is 69.7 cm³/mol. The first kappa shape index (κ1) is 15.1. The third-order valence-electron chi connectivity index (χ3n) is 3.04. The molecule has 0 saturated carbocycles. The Hall–Kier alpha value is -2.32. The Kier molecular flexibility index (Phi) is 4.61. The van der Waals surface area contributed by atoms with Crippen LogP contribution in [-0.4, -0.2) is 30.9 Å². The van der Waals surface area contributed by atoms with Gasteiger partial charge in [0, 0.05) is 6.54 Å². The molecule has 0 aromatic carbocycles. The summed E-state index contributed by atoms with van der Waals surface area (Å²) >= 11 is 0. The zero-order valence-electron chi connectivity index (χ0n) is 11.7. The zero-order valence-corrected chi connectivity index (χ0v) is 11.7. The second kappa shape index (κ2) is 6.42. The maximum Gasteiger partial charge on any atom is 0.279 e. The van der Waals surface area contributed by atoms with Crippen LogP contribution < -0.4 is 5.32 Å². The summed E-state index contributed by atoms with van der Waals surface area (Å²) in [5.41, 5.74) is -0.462. The quantitative estimate of drug-likeness (QED) is 0.851. The van der Waals surface area contributed by atoms with Crippen molar-refractivity contribution < 1.29 is 13.6 Å². The summed E-state index contributed by atoms with van der Waals surface area (Å²) in [6.07, 6.45) is -0.683. The van der Waals surface area contributed by atoms with E-state index in [-0.39, 0.29) is 17.4 Å². The maximum atomic E-state index is 12.5. The highest BCUT2D eigenvalue weighted by molar-refractivity contribution is 5.92. The lowest BCUT2D eigenvalue weighted by Crippen LogP contribution is -2.30. The van der Waals surface area contributed by atoms with Gasteiger partial charge in [-0.05, 0) is 19.4 Å². The number of halogens is 2. The molecule has 0 aliphatic heterocycles. The summed E-state index contributed by atoms with van der Waals surface area (Å²) < 4.78 is 26.6. The van der Waals surface area contributed by atoms with E-state index in [1.165, 1.54) is 6.33 Å². The molecular formula is C12H16F2N6O. The van der Waals surface area contributed by atoms with Gasteiger partial charge in [0.05, 0.1) is 6.04 Å². The Balaban J connectivity index is 2.12. The van der Waals surface area contributed by atoms with E-state index in [4.69, 9.17) is 0 Å². The van der Waals surface area contributed by atoms with Crippen LogP contribution in [0.15, 0.2) is 12.4 Å². The van der Waals surface area contributed by atoms with Gasteiger partial charge in [0.1, 0.15) is 23.5 Å². The van der Waals surface area contributed by atoms with Gasteiger partial charge in [-0.2, -0.15) is 10.2 Å². The first-order chi connectivity index (χ1) is 10.1. The molecule has 7 nitrogen and oxygen atoms in total. The summed E-state index contributed by atoms with van der Waals surface area (Å²) in [6, 6.07) is 0.684. The van der Waals surface area contributed by atoms with Crippen LogP contribution in [0.5, 0.6) is 0 Å². The second-order valence-corrected chi connectivity index (χ2v) is 4.38. The molecule has 2 N–H and O–H groups in total. The van der Waals surface area contributed by atoms with Gasteiger partial charge in [-0.1, -0.05) is 6.92 Å². The largest absolute Gasteiger partial charge is 0.341 e. The standard InChI is InChI=1S/C12H16F2N6O/c1-3-7(11-15-6-16-20(11)4-2)17-12(21)9-5-8(10(13)14)18-19-9/h5-7,10H,3-4H2,1-2H3,(H,17,21)(H,18,19). The Morgan fingerprint density at radius 3 is 2.81 bits per heavy atom. The number of hydrogen-bond donors (Lipinski definition) is 2. The van der Waals surface area contributed by atoms with Crippen LogP contribution in [0.3, 0.4) is 0 Å². The normalized spacial score (nSPS) is 12.6. The highest BCUT2D eigenvalue weighted by Gasteiger charge is 2.21. The maximum absolute atomic E-state index is 12.5. The number of H-pyrrole nitrogens is 1. The van der Waals surface area contributed by atoms with Crippen LogP contribution in [0.2, 0.25) is 0 Å². The lowest BCUT2D eigenvalue weighted by Gasteiger charge is -2.16. The van der Waals surface area contributed by atoms with Crippen molar-refractivity contribution >= 4 is 5.91 Å². The zero-order chi connectivity index (χ0) is 15.4. The molecule has 0 aliphatic carbocycles. The van der Waals surface area contributed by atoms with E-state index in [1.54, 1.807) is 4.68 Å². The summed E-state index contributed by atoms with van der Waals surface area (Å²) in [5.74, 6) is 0.0913. The van der Waals surface area contributed by atoms with Gasteiger partial charge in [-0.15, -0.1) is 0 Å². The molecule has 2 heterocycles. The Morgan fingerprint density at radius 1 is 1.48 bits per heavy atom. The van der Waals surface area contributed by atoms with E-state index in [9.17, 15) is 13.6 Å². The smallest absolute Gasteiger partial charge is 0.279 e. The average molecular weight is 298 g/mol. The van der Waals surface area contributed by atoms with E-state index in [0.29, 0.717) is 18.8 Å². The van der Waals surface area contributed by atoms with Crippen LogP contribution in [0.25, 0.3) is 0 Å². The summed E-state index contributed by atoms with van der Waals surface area (Å²) in [5, 5.41) is 12.5. The fourth-order valence-corrected chi connectivity index (χ4v) is 1.93. The van der Waals surface area contributed by atoms with Crippen molar-refractivity contribution in [2.75, 3.05) is 0 Å². The average Bonchev–Trinajstić information content (AvgIpc) is 3.12. The molecule has 1 unspecified atom stereocenters. The van der Waals surface area contributed by atoms with Crippen molar-refractivity contribution in [1.29, 1.82) is 0 Å². The van der Waals surface area contributed by atoms with Crippen LogP contribution in [0.4, 0.5) is 8.78 Å². The van der Waals surface area contributed by atoms with E-state index in [1.807, 2.05) is 13.8 Å². The van der Waals surface area contributed by atoms with Crippen LogP contribution in [0, 0.1) is 0 Å². The summed E-state index contributed by atoms with van der Waals surface area (Å²) in [6.45, 7) is 4.42. The summed E-state index contributed by atoms with van der Waals surface area (Å²) in [4.78, 5) is 16.2. The monoisotopic (exact) mass is 298 g/mol. The molecule has 21 heavy (non-hydrogen) atoms. The topological polar surface area (TPSA) is 88.5 Å². The first-order valence-corrected chi connectivity index (χ1v) is 6.58. The number of amides is 1. The molecule has 1 atom stereocenters. The van der Waals surface area contributed by atoms with Crippen molar-refractivity contribution in [1.82, 2.24) is 30.3 Å². The molecule has 0 fully saturated rings. The Bertz CT molecular complexity index is 608. The fraction of sp³-hybridized carbons (Fsp3) is 0.500. The second-order valence-electron chi connectivity index (χ2n) is 4.38. The van der Waals surface area contributed by atoms with E-state index in [2.05, 4.69) is 25.6 Å². The van der Waals surface area contributed by atoms with E-state index < -0.39 is 12.3 Å². The van der Waals surface area contributed by atoms with Crippen LogP contribution in [0.1, 0.15) is 54.7 Å². The van der Waals surface area contributed by atoms with Crippen molar-refractivity contribution in [3.8, 4) is 0 Å². The Morgan fingerprint density at radius 2 is 2.24 bits per heavy atom. The van der Waals surface area contributed by atoms with Crippen LogP contribution in [-0.2, 0) is 6.54 Å². The highest BCUT2D eigenvalue weighted by Crippen LogP contribution is 2.18. The molecule has 0 spiro atoms. The molecule has 0 aliphatic rings. The first-order valence-electron chi connectivity index (χ1n) is 6.58. The number of carbonyl (C=O) groups is 1. The predicted octanol–water partition coefficient (Wildman–Crippen LogP) is 1.84. The number of rotatable bonds is 6. The molecule has 0 bridgehead atoms. The molecule has 1 amide bonds. The minimum Gasteiger partial charge on any atom is -0.341 e. The third kappa shape index (κ3) is 3.23. The van der Waals surface area contributed by atoms with Gasteiger partial charge in [0.25, 0.3) is 12.3 Å². The summed E-state index contributed by atoms with van der Waals surface area (Å²) in [7, 11) is 0. The molecule has 2 aromatic rings. The lowest BCUT2D eigenvalue weighted by atomic mass is 10.2. The number of nitrogens with one attached hydrogen (secondary N) is 2. The fourth-order valence-electron chi connectivity index (χ4n) is 1.93. The number of nitrogens with zero attached hydrogens (tertiary/aromatic N) is 4. The van der Waals surface area contributed by atoms with Crippen molar-refractivity contribution in [2.45, 2.75) is 39.3 Å². The number of hydrogen-bond acceptors (Lipinski definition) is 4. The molecular weight excluding hydrogens is 282 g/mol. The van der Waals surface area contributed by atoms with Gasteiger partial charge in [-0.25, -0.2) is 18.4 Å². The molecule has 2 aromatic heterocycles. The van der Waals surface area contributed by atoms with Crippen molar-refractivity contribution in [2.24, 2.45) is 0 Å². The van der Waals surface area contributed by atoms with Gasteiger partial charge in [0.15, 0.2) is 0 Å². The van der Waals surface area contributed by atoms with Crippen molar-refractivity contribution in [3.05, 3.63) is 29.6 Å². The minimum atomic E-state index is -2.69. The third-order valence-corrected chi connectivity index (χ3v) is 3.04. The molecule has 2 rings (SSSR count). The molecule has 114 valence electrons. The number of aryl methyl sites for hydroxylation is 1. The van der Waals surface area contributed by atoms with Gasteiger partial charge in [0.2, 0.25) is 0 Å². The van der Waals surface area contributed by atoms with Crippen LogP contribution >= 0.6 is 0 Å². The number of alkyl halides is 2. The minimum absolute atomic E-state index is 0.0775.